The zero-order valence-corrected chi connectivity index (χ0v) is 12.0. The fourth-order valence-corrected chi connectivity index (χ4v) is 2.87. The summed E-state index contributed by atoms with van der Waals surface area (Å²) in [7, 11) is 2.16. The van der Waals surface area contributed by atoms with Gasteiger partial charge in [-0.3, -0.25) is 0 Å². The van der Waals surface area contributed by atoms with E-state index >= 15 is 0 Å². The number of hydrazine groups is 1. The normalized spacial score (nSPS) is 19.2. The van der Waals surface area contributed by atoms with Crippen molar-refractivity contribution in [2.24, 2.45) is 0 Å². The maximum absolute atomic E-state index is 2.36. The fourth-order valence-electron chi connectivity index (χ4n) is 2.87. The van der Waals surface area contributed by atoms with Crippen LogP contribution in [-0.4, -0.2) is 23.6 Å². The molecule has 0 aliphatic carbocycles. The summed E-state index contributed by atoms with van der Waals surface area (Å²) in [5, 5.41) is 4.66. The first kappa shape index (κ1) is 12.9. The van der Waals surface area contributed by atoms with Gasteiger partial charge < -0.3 is 5.01 Å². The molecule has 102 valence electrons. The van der Waals surface area contributed by atoms with Gasteiger partial charge in [0.2, 0.25) is 0 Å². The predicted molar refractivity (Wildman–Crippen MR) is 83.7 cm³/mol. The molecule has 20 heavy (non-hydrogen) atoms. The first-order valence-electron chi connectivity index (χ1n) is 7.13. The van der Waals surface area contributed by atoms with E-state index in [1.807, 2.05) is 0 Å². The molecule has 2 nitrogen and oxygen atoms in total. The molecule has 1 unspecified atom stereocenters. The molecule has 2 aromatic rings. The van der Waals surface area contributed by atoms with E-state index in [1.165, 1.54) is 16.8 Å². The van der Waals surface area contributed by atoms with Crippen molar-refractivity contribution < 1.29 is 0 Å². The molecule has 2 heteroatoms. The molecule has 2 aromatic carbocycles. The third-order valence-corrected chi connectivity index (χ3v) is 3.89. The topological polar surface area (TPSA) is 6.48 Å². The van der Waals surface area contributed by atoms with Crippen molar-refractivity contribution in [1.82, 2.24) is 10.0 Å². The molecule has 0 spiro atoms. The van der Waals surface area contributed by atoms with Gasteiger partial charge in [0.1, 0.15) is 0 Å². The zero-order chi connectivity index (χ0) is 13.9. The van der Waals surface area contributed by atoms with E-state index < -0.39 is 0 Å². The smallest absolute Gasteiger partial charge is 0.0744 e. The highest BCUT2D eigenvalue weighted by atomic mass is 15.6. The molecule has 3 rings (SSSR count). The van der Waals surface area contributed by atoms with E-state index in [0.717, 1.165) is 6.54 Å². The van der Waals surface area contributed by atoms with Gasteiger partial charge in [0.05, 0.1) is 11.7 Å². The number of rotatable bonds is 3. The van der Waals surface area contributed by atoms with Gasteiger partial charge >= 0.3 is 0 Å². The van der Waals surface area contributed by atoms with E-state index in [9.17, 15) is 0 Å². The van der Waals surface area contributed by atoms with Crippen molar-refractivity contribution in [3.63, 3.8) is 0 Å². The van der Waals surface area contributed by atoms with Crippen molar-refractivity contribution in [2.75, 3.05) is 13.6 Å². The molecule has 1 heterocycles. The highest BCUT2D eigenvalue weighted by Gasteiger charge is 2.29. The first-order chi connectivity index (χ1) is 9.81. The Balaban J connectivity index is 2.00. The molecule has 0 fully saturated rings. The summed E-state index contributed by atoms with van der Waals surface area (Å²) in [6, 6.07) is 21.6. The molecular weight excluding hydrogens is 244 g/mol. The standard InChI is InChI=1S/C18H20N2/c1-3-20-18(16-12-8-5-9-13-16)14-17(19(20)2)15-10-6-4-7-11-15/h4-14,17H,3H2,1-2H3. The summed E-state index contributed by atoms with van der Waals surface area (Å²) in [5.41, 5.74) is 3.91. The molecule has 0 radical (unpaired) electrons. The monoisotopic (exact) mass is 264 g/mol. The van der Waals surface area contributed by atoms with Crippen molar-refractivity contribution in [2.45, 2.75) is 13.0 Å². The Bertz CT molecular complexity index is 589. The summed E-state index contributed by atoms with van der Waals surface area (Å²) < 4.78 is 0. The highest BCUT2D eigenvalue weighted by Crippen LogP contribution is 2.36. The van der Waals surface area contributed by atoms with Crippen LogP contribution < -0.4 is 0 Å². The second kappa shape index (κ2) is 5.51. The summed E-state index contributed by atoms with van der Waals surface area (Å²) in [5.74, 6) is 0. The maximum atomic E-state index is 2.36. The average molecular weight is 264 g/mol. The van der Waals surface area contributed by atoms with Gasteiger partial charge in [-0.25, -0.2) is 5.01 Å². The Hall–Kier alpha value is -2.06. The third kappa shape index (κ3) is 2.23. The lowest BCUT2D eigenvalue weighted by atomic mass is 10.1. The molecule has 1 aliphatic heterocycles. The van der Waals surface area contributed by atoms with E-state index in [-0.39, 0.29) is 0 Å². The first-order valence-corrected chi connectivity index (χ1v) is 7.13. The number of hydrogen-bond acceptors (Lipinski definition) is 2. The van der Waals surface area contributed by atoms with E-state index in [1.54, 1.807) is 0 Å². The van der Waals surface area contributed by atoms with Crippen LogP contribution in [0, 0.1) is 0 Å². The Morgan fingerprint density at radius 2 is 1.50 bits per heavy atom. The van der Waals surface area contributed by atoms with Crippen LogP contribution in [0.4, 0.5) is 0 Å². The molecule has 0 bridgehead atoms. The van der Waals surface area contributed by atoms with Gasteiger partial charge in [-0.1, -0.05) is 60.7 Å². The quantitative estimate of drug-likeness (QED) is 0.828. The molecule has 0 amide bonds. The highest BCUT2D eigenvalue weighted by molar-refractivity contribution is 5.66. The van der Waals surface area contributed by atoms with Crippen LogP contribution in [0.15, 0.2) is 66.7 Å². The fraction of sp³-hybridized carbons (Fsp3) is 0.222. The van der Waals surface area contributed by atoms with Crippen LogP contribution in [0.5, 0.6) is 0 Å². The Labute approximate surface area is 120 Å². The summed E-state index contributed by atoms with van der Waals surface area (Å²) >= 11 is 0. The molecule has 0 saturated carbocycles. The summed E-state index contributed by atoms with van der Waals surface area (Å²) in [6.07, 6.45) is 2.36. The second-order valence-corrected chi connectivity index (χ2v) is 5.06. The van der Waals surface area contributed by atoms with Crippen LogP contribution in [-0.2, 0) is 0 Å². The lowest BCUT2D eigenvalue weighted by molar-refractivity contribution is 0.0611. The van der Waals surface area contributed by atoms with Gasteiger partial charge in [-0.15, -0.1) is 0 Å². The van der Waals surface area contributed by atoms with Gasteiger partial charge in [0.25, 0.3) is 0 Å². The van der Waals surface area contributed by atoms with Crippen LogP contribution in [0.1, 0.15) is 24.1 Å². The van der Waals surface area contributed by atoms with Crippen LogP contribution in [0.3, 0.4) is 0 Å². The van der Waals surface area contributed by atoms with Gasteiger partial charge in [0.15, 0.2) is 0 Å². The van der Waals surface area contributed by atoms with Gasteiger partial charge in [-0.05, 0) is 24.1 Å². The van der Waals surface area contributed by atoms with Crippen LogP contribution >= 0.6 is 0 Å². The second-order valence-electron chi connectivity index (χ2n) is 5.06. The van der Waals surface area contributed by atoms with Gasteiger partial charge in [0, 0.05) is 13.6 Å². The average Bonchev–Trinajstić information content (AvgIpc) is 2.86. The minimum atomic E-state index is 0.311. The molecule has 1 aliphatic rings. The Morgan fingerprint density at radius 1 is 0.900 bits per heavy atom. The van der Waals surface area contributed by atoms with Crippen LogP contribution in [0.25, 0.3) is 5.70 Å². The van der Waals surface area contributed by atoms with E-state index in [0.29, 0.717) is 6.04 Å². The number of hydrogen-bond donors (Lipinski definition) is 0. The minimum Gasteiger partial charge on any atom is -0.305 e. The lowest BCUT2D eigenvalue weighted by Gasteiger charge is -2.32. The molecule has 0 aromatic heterocycles. The Morgan fingerprint density at radius 3 is 2.10 bits per heavy atom. The molecular formula is C18H20N2. The van der Waals surface area contributed by atoms with E-state index in [2.05, 4.69) is 90.7 Å². The number of likely N-dealkylation sites (N-methyl/N-ethyl adjacent to an activating group) is 1. The van der Waals surface area contributed by atoms with Crippen molar-refractivity contribution in [3.8, 4) is 0 Å². The molecule has 0 saturated heterocycles. The third-order valence-electron chi connectivity index (χ3n) is 3.89. The van der Waals surface area contributed by atoms with Crippen molar-refractivity contribution in [1.29, 1.82) is 0 Å². The minimum absolute atomic E-state index is 0.311. The maximum Gasteiger partial charge on any atom is 0.0744 e. The number of nitrogens with zero attached hydrogens (tertiary/aromatic N) is 2. The van der Waals surface area contributed by atoms with E-state index in [4.69, 9.17) is 0 Å². The summed E-state index contributed by atoms with van der Waals surface area (Å²) in [6.45, 7) is 3.17. The molecule has 0 N–H and O–H groups in total. The lowest BCUT2D eigenvalue weighted by Crippen LogP contribution is -2.35. The van der Waals surface area contributed by atoms with Crippen LogP contribution in [0.2, 0.25) is 0 Å². The van der Waals surface area contributed by atoms with Crippen molar-refractivity contribution >= 4 is 5.70 Å². The van der Waals surface area contributed by atoms with Gasteiger partial charge in [-0.2, -0.15) is 0 Å². The largest absolute Gasteiger partial charge is 0.305 e. The zero-order valence-electron chi connectivity index (χ0n) is 12.0. The SMILES string of the molecule is CCN1C(c2ccccc2)=CC(c2ccccc2)N1C. The molecule has 1 atom stereocenters. The van der Waals surface area contributed by atoms with Crippen molar-refractivity contribution in [3.05, 3.63) is 77.9 Å². The number of benzene rings is 2. The predicted octanol–water partition coefficient (Wildman–Crippen LogP) is 3.95. The summed E-state index contributed by atoms with van der Waals surface area (Å²) in [4.78, 5) is 0. The Kier molecular flexibility index (Phi) is 3.57.